The summed E-state index contributed by atoms with van der Waals surface area (Å²) in [5.74, 6) is 1.16. The van der Waals surface area contributed by atoms with Crippen molar-refractivity contribution in [2.45, 2.75) is 78.6 Å². The Morgan fingerprint density at radius 1 is 0.812 bits per heavy atom. The van der Waals surface area contributed by atoms with Gasteiger partial charge in [-0.05, 0) is 18.3 Å². The molecule has 0 aliphatic carbocycles. The highest BCUT2D eigenvalue weighted by atomic mass is 16.3. The van der Waals surface area contributed by atoms with Crippen LogP contribution in [0, 0.1) is 11.8 Å². The molecule has 1 unspecified atom stereocenters. The maximum Gasteiger partial charge on any atom is 0.0461 e. The third-order valence-corrected chi connectivity index (χ3v) is 3.61. The molecule has 0 rings (SSSR count). The minimum Gasteiger partial charge on any atom is -0.396 e. The van der Waals surface area contributed by atoms with E-state index in [1.54, 1.807) is 0 Å². The second kappa shape index (κ2) is 11.4. The summed E-state index contributed by atoms with van der Waals surface area (Å²) in [5, 5.41) is 9.20. The van der Waals surface area contributed by atoms with E-state index in [1.807, 2.05) is 0 Å². The molecule has 0 fully saturated rings. The van der Waals surface area contributed by atoms with Crippen molar-refractivity contribution in [1.82, 2.24) is 0 Å². The zero-order valence-corrected chi connectivity index (χ0v) is 11.7. The minimum atomic E-state index is 0.369. The summed E-state index contributed by atoms with van der Waals surface area (Å²) < 4.78 is 0. The van der Waals surface area contributed by atoms with Crippen LogP contribution in [-0.2, 0) is 0 Å². The fraction of sp³-hybridized carbons (Fsp3) is 1.00. The molecular weight excluding hydrogens is 196 g/mol. The fourth-order valence-electron chi connectivity index (χ4n) is 2.18. The fourth-order valence-corrected chi connectivity index (χ4v) is 2.18. The van der Waals surface area contributed by atoms with Crippen molar-refractivity contribution in [3.63, 3.8) is 0 Å². The Morgan fingerprint density at radius 2 is 1.31 bits per heavy atom. The number of hydrogen-bond acceptors (Lipinski definition) is 1. The number of aliphatic hydroxyl groups excluding tert-OH is 1. The molecule has 0 heterocycles. The van der Waals surface area contributed by atoms with Crippen LogP contribution < -0.4 is 0 Å². The first-order valence-corrected chi connectivity index (χ1v) is 7.33. The second-order valence-corrected chi connectivity index (χ2v) is 5.45. The summed E-state index contributed by atoms with van der Waals surface area (Å²) >= 11 is 0. The van der Waals surface area contributed by atoms with Crippen molar-refractivity contribution in [3.8, 4) is 0 Å². The lowest BCUT2D eigenvalue weighted by molar-refractivity contribution is 0.178. The largest absolute Gasteiger partial charge is 0.396 e. The predicted octanol–water partition coefficient (Wildman–Crippen LogP) is 4.78. The van der Waals surface area contributed by atoms with E-state index in [0.717, 1.165) is 0 Å². The van der Waals surface area contributed by atoms with Gasteiger partial charge in [0.1, 0.15) is 0 Å². The molecule has 0 amide bonds. The highest BCUT2D eigenvalue weighted by Crippen LogP contribution is 2.18. The second-order valence-electron chi connectivity index (χ2n) is 5.45. The maximum absolute atomic E-state index is 9.20. The molecule has 0 aliphatic rings. The molecule has 0 spiro atoms. The molecule has 0 aromatic rings. The Morgan fingerprint density at radius 3 is 1.75 bits per heavy atom. The number of hydrogen-bond donors (Lipinski definition) is 1. The quantitative estimate of drug-likeness (QED) is 0.504. The molecule has 0 aliphatic heterocycles. The molecule has 0 bridgehead atoms. The van der Waals surface area contributed by atoms with Gasteiger partial charge in [0, 0.05) is 6.61 Å². The summed E-state index contributed by atoms with van der Waals surface area (Å²) in [7, 11) is 0. The van der Waals surface area contributed by atoms with Gasteiger partial charge in [0.25, 0.3) is 0 Å². The molecule has 1 atom stereocenters. The van der Waals surface area contributed by atoms with Crippen molar-refractivity contribution in [2.75, 3.05) is 6.61 Å². The van der Waals surface area contributed by atoms with E-state index >= 15 is 0 Å². The maximum atomic E-state index is 9.20. The first kappa shape index (κ1) is 16.0. The van der Waals surface area contributed by atoms with E-state index in [0.29, 0.717) is 18.4 Å². The number of rotatable bonds is 11. The van der Waals surface area contributed by atoms with Gasteiger partial charge in [-0.15, -0.1) is 0 Å². The Bertz CT molecular complexity index is 131. The van der Waals surface area contributed by atoms with Crippen LogP contribution in [0.15, 0.2) is 0 Å². The Balaban J connectivity index is 3.19. The molecule has 1 N–H and O–H groups in total. The van der Waals surface area contributed by atoms with Gasteiger partial charge in [-0.2, -0.15) is 0 Å². The first-order valence-electron chi connectivity index (χ1n) is 7.33. The molecule has 0 aromatic heterocycles. The molecule has 98 valence electrons. The standard InChI is InChI=1S/C15H32O/c1-4-5-6-7-8-9-10-11-12-15(13-16)14(2)3/h14-16H,4-13H2,1-3H3. The topological polar surface area (TPSA) is 20.2 Å². The van der Waals surface area contributed by atoms with Crippen LogP contribution in [0.25, 0.3) is 0 Å². The van der Waals surface area contributed by atoms with E-state index in [1.165, 1.54) is 57.8 Å². The van der Waals surface area contributed by atoms with Gasteiger partial charge in [-0.25, -0.2) is 0 Å². The lowest BCUT2D eigenvalue weighted by Gasteiger charge is -2.17. The van der Waals surface area contributed by atoms with Crippen molar-refractivity contribution in [2.24, 2.45) is 11.8 Å². The van der Waals surface area contributed by atoms with E-state index in [-0.39, 0.29) is 0 Å². The van der Waals surface area contributed by atoms with Crippen LogP contribution in [0.4, 0.5) is 0 Å². The smallest absolute Gasteiger partial charge is 0.0461 e. The summed E-state index contributed by atoms with van der Waals surface area (Å²) in [6, 6.07) is 0. The Labute approximate surface area is 103 Å². The molecule has 1 nitrogen and oxygen atoms in total. The van der Waals surface area contributed by atoms with E-state index in [4.69, 9.17) is 0 Å². The molecule has 0 aromatic carbocycles. The van der Waals surface area contributed by atoms with E-state index in [9.17, 15) is 5.11 Å². The number of aliphatic hydroxyl groups is 1. The van der Waals surface area contributed by atoms with Gasteiger partial charge in [-0.3, -0.25) is 0 Å². The van der Waals surface area contributed by atoms with E-state index < -0.39 is 0 Å². The van der Waals surface area contributed by atoms with Crippen molar-refractivity contribution >= 4 is 0 Å². The van der Waals surface area contributed by atoms with Gasteiger partial charge in [-0.1, -0.05) is 72.1 Å². The molecule has 0 saturated carbocycles. The predicted molar refractivity (Wildman–Crippen MR) is 72.6 cm³/mol. The van der Waals surface area contributed by atoms with Crippen molar-refractivity contribution in [3.05, 3.63) is 0 Å². The molecule has 1 heteroatoms. The Hall–Kier alpha value is -0.0400. The zero-order valence-electron chi connectivity index (χ0n) is 11.7. The first-order chi connectivity index (χ1) is 7.72. The minimum absolute atomic E-state index is 0.369. The summed E-state index contributed by atoms with van der Waals surface area (Å²) in [6.07, 6.45) is 12.2. The van der Waals surface area contributed by atoms with Gasteiger partial charge in [0.05, 0.1) is 0 Å². The third-order valence-electron chi connectivity index (χ3n) is 3.61. The van der Waals surface area contributed by atoms with Gasteiger partial charge < -0.3 is 5.11 Å². The lowest BCUT2D eigenvalue weighted by atomic mass is 9.91. The van der Waals surface area contributed by atoms with Crippen molar-refractivity contribution < 1.29 is 5.11 Å². The highest BCUT2D eigenvalue weighted by molar-refractivity contribution is 4.61. The van der Waals surface area contributed by atoms with Crippen LogP contribution in [0.2, 0.25) is 0 Å². The van der Waals surface area contributed by atoms with Crippen LogP contribution in [0.1, 0.15) is 78.6 Å². The molecule has 0 saturated heterocycles. The zero-order chi connectivity index (χ0) is 12.2. The molecule has 16 heavy (non-hydrogen) atoms. The number of unbranched alkanes of at least 4 members (excludes halogenated alkanes) is 7. The lowest BCUT2D eigenvalue weighted by Crippen LogP contribution is -2.13. The molecular formula is C15H32O. The van der Waals surface area contributed by atoms with E-state index in [2.05, 4.69) is 20.8 Å². The van der Waals surface area contributed by atoms with Crippen LogP contribution in [0.3, 0.4) is 0 Å². The summed E-state index contributed by atoms with van der Waals surface area (Å²) in [4.78, 5) is 0. The van der Waals surface area contributed by atoms with Crippen LogP contribution >= 0.6 is 0 Å². The average molecular weight is 228 g/mol. The van der Waals surface area contributed by atoms with Crippen LogP contribution in [-0.4, -0.2) is 11.7 Å². The van der Waals surface area contributed by atoms with Crippen molar-refractivity contribution in [1.29, 1.82) is 0 Å². The van der Waals surface area contributed by atoms with Gasteiger partial charge in [0.2, 0.25) is 0 Å². The molecule has 0 radical (unpaired) electrons. The van der Waals surface area contributed by atoms with Gasteiger partial charge >= 0.3 is 0 Å². The Kier molecular flexibility index (Phi) is 11.4. The monoisotopic (exact) mass is 228 g/mol. The summed E-state index contributed by atoms with van der Waals surface area (Å²) in [6.45, 7) is 7.06. The SMILES string of the molecule is CCCCCCCCCCC(CO)C(C)C. The summed E-state index contributed by atoms with van der Waals surface area (Å²) in [5.41, 5.74) is 0. The van der Waals surface area contributed by atoms with Crippen LogP contribution in [0.5, 0.6) is 0 Å². The highest BCUT2D eigenvalue weighted by Gasteiger charge is 2.10. The normalized spacial score (nSPS) is 13.3. The van der Waals surface area contributed by atoms with Gasteiger partial charge in [0.15, 0.2) is 0 Å². The average Bonchev–Trinajstić information content (AvgIpc) is 2.26. The third kappa shape index (κ3) is 9.21.